The molecule has 85 heavy (non-hydrogen) atoms. The summed E-state index contributed by atoms with van der Waals surface area (Å²) in [6.45, 7) is 9.82. The molecule has 20 nitrogen and oxygen atoms in total. The third-order valence-electron chi connectivity index (χ3n) is 15.5. The molecule has 0 saturated heterocycles. The number of anilines is 1. The first kappa shape index (κ1) is 61.6. The Balaban J connectivity index is 0.670. The smallest absolute Gasteiger partial charge is 0.284 e. The van der Waals surface area contributed by atoms with E-state index < -0.39 is 41.6 Å². The van der Waals surface area contributed by atoms with Gasteiger partial charge in [-0.05, 0) is 128 Å². The van der Waals surface area contributed by atoms with E-state index in [1.165, 1.54) is 47.7 Å². The number of rotatable bonds is 28. The number of aryl methyl sites for hydroxylation is 2. The number of carbonyl (C=O) groups is 5. The number of hydrogen-bond donors (Lipinski definition) is 5. The van der Waals surface area contributed by atoms with Crippen molar-refractivity contribution in [3.63, 3.8) is 0 Å². The molecular formula is C63H76F2N10O10. The molecule has 3 aliphatic rings. The zero-order chi connectivity index (χ0) is 60.0. The number of likely N-dealkylation sites (N-methyl/N-ethyl adjacent to an activating group) is 1. The van der Waals surface area contributed by atoms with E-state index in [4.69, 9.17) is 23.4 Å². The normalized spacial score (nSPS) is 16.4. The number of alkyl halides is 2. The minimum Gasteiger partial charge on any atom is -0.491 e. The van der Waals surface area contributed by atoms with Gasteiger partial charge in [-0.3, -0.25) is 29.0 Å². The number of pyridine rings is 1. The lowest BCUT2D eigenvalue weighted by Gasteiger charge is -2.41. The summed E-state index contributed by atoms with van der Waals surface area (Å²) >= 11 is 0. The highest BCUT2D eigenvalue weighted by Crippen LogP contribution is 2.35. The van der Waals surface area contributed by atoms with E-state index >= 15 is 0 Å². The molecule has 0 bridgehead atoms. The van der Waals surface area contributed by atoms with E-state index in [0.29, 0.717) is 55.4 Å². The highest BCUT2D eigenvalue weighted by molar-refractivity contribution is 6.03. The van der Waals surface area contributed by atoms with E-state index in [-0.39, 0.29) is 79.9 Å². The largest absolute Gasteiger partial charge is 0.491 e. The van der Waals surface area contributed by atoms with Crippen LogP contribution < -0.4 is 31.3 Å². The number of nitrogens with one attached hydrogen (secondary N) is 5. The van der Waals surface area contributed by atoms with Crippen LogP contribution >= 0.6 is 0 Å². The van der Waals surface area contributed by atoms with Crippen LogP contribution in [0.25, 0.3) is 17.1 Å². The number of halogens is 2. The second-order valence-electron chi connectivity index (χ2n) is 22.8. The third kappa shape index (κ3) is 16.5. The van der Waals surface area contributed by atoms with Gasteiger partial charge in [0.2, 0.25) is 23.6 Å². The Morgan fingerprint density at radius 2 is 1.58 bits per heavy atom. The highest BCUT2D eigenvalue weighted by atomic mass is 19.3. The summed E-state index contributed by atoms with van der Waals surface area (Å²) in [5, 5.41) is 18.5. The van der Waals surface area contributed by atoms with Crippen molar-refractivity contribution in [2.75, 3.05) is 65.2 Å². The van der Waals surface area contributed by atoms with Gasteiger partial charge < -0.3 is 54.8 Å². The number of oxazole rings is 1. The second-order valence-corrected chi connectivity index (χ2v) is 22.8. The monoisotopic (exact) mass is 1170 g/mol. The van der Waals surface area contributed by atoms with Crippen LogP contribution in [0.1, 0.15) is 127 Å². The molecule has 1 aliphatic heterocycles. The Morgan fingerprint density at radius 3 is 2.31 bits per heavy atom. The summed E-state index contributed by atoms with van der Waals surface area (Å²) in [7, 11) is 1.68. The van der Waals surface area contributed by atoms with Crippen LogP contribution in [-0.4, -0.2) is 132 Å². The zero-order valence-electron chi connectivity index (χ0n) is 48.8. The van der Waals surface area contributed by atoms with Gasteiger partial charge in [-0.1, -0.05) is 63.9 Å². The number of carbonyl (C=O) groups excluding carboxylic acids is 5. The van der Waals surface area contributed by atoms with Crippen LogP contribution in [0.3, 0.4) is 0 Å². The van der Waals surface area contributed by atoms with Gasteiger partial charge in [0, 0.05) is 42.5 Å². The maximum Gasteiger partial charge on any atom is 0.284 e. The number of aromatic nitrogens is 4. The van der Waals surface area contributed by atoms with Crippen LogP contribution in [0.15, 0.2) is 102 Å². The summed E-state index contributed by atoms with van der Waals surface area (Å²) in [6.07, 6.45) is 8.49. The van der Waals surface area contributed by atoms with Gasteiger partial charge in [0.15, 0.2) is 11.4 Å². The van der Waals surface area contributed by atoms with Gasteiger partial charge in [-0.25, -0.2) is 18.4 Å². The average Bonchev–Trinajstić information content (AvgIpc) is 2.94. The Bertz CT molecular complexity index is 3270. The molecular weight excluding hydrogens is 1090 g/mol. The molecule has 5 N–H and O–H groups in total. The van der Waals surface area contributed by atoms with Crippen molar-refractivity contribution < 1.29 is 56.1 Å². The van der Waals surface area contributed by atoms with Crippen LogP contribution in [0, 0.1) is 11.3 Å². The molecule has 4 heterocycles. The Labute approximate surface area is 493 Å². The fourth-order valence-electron chi connectivity index (χ4n) is 10.3. The van der Waals surface area contributed by atoms with Gasteiger partial charge >= 0.3 is 0 Å². The van der Waals surface area contributed by atoms with Gasteiger partial charge in [0.25, 0.3) is 18.2 Å². The fourth-order valence-corrected chi connectivity index (χ4v) is 10.3. The molecule has 452 valence electrons. The molecule has 1 fully saturated rings. The summed E-state index contributed by atoms with van der Waals surface area (Å²) in [5.74, 6) is -0.444. The first-order valence-corrected chi connectivity index (χ1v) is 29.2. The standard InChI is InChI=1S/C63H76F2N10O10/c1-39(66-5)57(76)72-55(63(2,3)4)62(80)74-36-45-34-48(22-18-43(45)35-53(74)60(79)69-50-12-8-10-41-9-6-7-11-49(41)50)84-32-31-83-30-29-82-28-27-81-26-25-68-58(77)42-16-20-47(21-17-42)75-37-51(54(73-75)56(64)65)70-59(78)52-38-85-61(71-52)44-23-24-67-46(33-44)19-15-40-13-14-40/h6-7,9,11,16-18,20-24,33-34,37-40,50,53,55-56,66H,8,10,12-15,19,25-32,35-36H2,1-5H3,(H,68,77)(H,69,79)(H,70,78)(H,72,76)/t39-,50+,53-,55+/m0/s1. The zero-order valence-corrected chi connectivity index (χ0v) is 48.8. The molecule has 9 rings (SSSR count). The number of ether oxygens (including phenoxy) is 4. The fraction of sp³-hybridized carbons (Fsp3) is 0.460. The molecule has 4 atom stereocenters. The van der Waals surface area contributed by atoms with Gasteiger partial charge in [0.05, 0.1) is 69.3 Å². The second kappa shape index (κ2) is 28.8. The molecule has 3 aromatic carbocycles. The predicted molar refractivity (Wildman–Crippen MR) is 312 cm³/mol. The maximum atomic E-state index is 14.7. The maximum absolute atomic E-state index is 14.7. The number of amides is 5. The lowest BCUT2D eigenvalue weighted by atomic mass is 9.83. The minimum atomic E-state index is -3.00. The summed E-state index contributed by atoms with van der Waals surface area (Å²) in [6, 6.07) is 21.2. The topological polar surface area (TPSA) is 242 Å². The van der Waals surface area contributed by atoms with Gasteiger partial charge in [0.1, 0.15) is 30.7 Å². The Hall–Kier alpha value is -7.92. The summed E-state index contributed by atoms with van der Waals surface area (Å²) in [4.78, 5) is 78.6. The van der Waals surface area contributed by atoms with E-state index in [1.54, 1.807) is 43.3 Å². The molecule has 6 aromatic rings. The van der Waals surface area contributed by atoms with Crippen molar-refractivity contribution in [1.82, 2.24) is 45.9 Å². The van der Waals surface area contributed by atoms with E-state index in [9.17, 15) is 32.8 Å². The lowest BCUT2D eigenvalue weighted by molar-refractivity contribution is -0.147. The third-order valence-corrected chi connectivity index (χ3v) is 15.5. The van der Waals surface area contributed by atoms with Crippen LogP contribution in [0.2, 0.25) is 0 Å². The Kier molecular flexibility index (Phi) is 20.9. The minimum absolute atomic E-state index is 0.0949. The molecule has 5 amide bonds. The van der Waals surface area contributed by atoms with E-state index in [1.807, 2.05) is 57.2 Å². The van der Waals surface area contributed by atoms with Crippen molar-refractivity contribution in [3.05, 3.63) is 142 Å². The molecule has 0 radical (unpaired) electrons. The van der Waals surface area contributed by atoms with Crippen LogP contribution in [-0.2, 0) is 54.4 Å². The van der Waals surface area contributed by atoms with Crippen LogP contribution in [0.4, 0.5) is 14.5 Å². The number of benzene rings is 3. The summed E-state index contributed by atoms with van der Waals surface area (Å²) in [5.41, 5.74) is 4.76. The van der Waals surface area contributed by atoms with Crippen molar-refractivity contribution >= 4 is 35.2 Å². The van der Waals surface area contributed by atoms with Gasteiger partial charge in [-0.2, -0.15) is 5.10 Å². The predicted octanol–water partition coefficient (Wildman–Crippen LogP) is 7.90. The SMILES string of the molecule is CN[C@@H](C)C(=O)N[C@H](C(=O)N1Cc2cc(OCCOCCOCCOCCNC(=O)c3ccc(-n4cc(NC(=O)c5coc(-c6ccnc(CCC7CC7)c6)n5)c(C(F)F)n4)cc3)ccc2C[C@H]1C(=O)N[C@@H]1CCCc2ccccc21)C(C)(C)C. The van der Waals surface area contributed by atoms with Crippen molar-refractivity contribution in [2.45, 2.75) is 116 Å². The summed E-state index contributed by atoms with van der Waals surface area (Å²) < 4.78 is 58.1. The molecule has 2 aliphatic carbocycles. The van der Waals surface area contributed by atoms with Crippen molar-refractivity contribution in [2.24, 2.45) is 11.3 Å². The Morgan fingerprint density at radius 1 is 0.835 bits per heavy atom. The average molecular weight is 1170 g/mol. The molecule has 22 heteroatoms. The van der Waals surface area contributed by atoms with Crippen molar-refractivity contribution in [3.8, 4) is 22.9 Å². The van der Waals surface area contributed by atoms with Gasteiger partial charge in [-0.15, -0.1) is 0 Å². The van der Waals surface area contributed by atoms with E-state index in [2.05, 4.69) is 53.8 Å². The number of hydrogen-bond acceptors (Lipinski definition) is 14. The molecule has 3 aromatic heterocycles. The quantitative estimate of drug-likeness (QED) is 0.0294. The first-order chi connectivity index (χ1) is 41.0. The van der Waals surface area contributed by atoms with Crippen LogP contribution in [0.5, 0.6) is 5.75 Å². The first-order valence-electron chi connectivity index (χ1n) is 29.2. The highest BCUT2D eigenvalue weighted by Gasteiger charge is 2.43. The molecule has 0 unspecified atom stereocenters. The molecule has 0 spiro atoms. The lowest BCUT2D eigenvalue weighted by Crippen LogP contribution is -2.62. The number of nitrogens with zero attached hydrogens (tertiary/aromatic N) is 5. The number of fused-ring (bicyclic) bond motifs is 2. The van der Waals surface area contributed by atoms with Crippen molar-refractivity contribution in [1.29, 1.82) is 0 Å². The molecule has 1 saturated carbocycles. The van der Waals surface area contributed by atoms with E-state index in [0.717, 1.165) is 60.4 Å².